The largest absolute Gasteiger partial charge is 0.480 e. The molecule has 0 spiro atoms. The van der Waals surface area contributed by atoms with Crippen molar-refractivity contribution in [1.29, 1.82) is 0 Å². The molecule has 0 fully saturated rings. The van der Waals surface area contributed by atoms with Crippen LogP contribution in [0.2, 0.25) is 0 Å². The van der Waals surface area contributed by atoms with Gasteiger partial charge in [0.2, 0.25) is 23.6 Å². The van der Waals surface area contributed by atoms with Gasteiger partial charge in [0, 0.05) is 83.5 Å². The first-order valence-electron chi connectivity index (χ1n) is 11.4. The fourth-order valence-electron chi connectivity index (χ4n) is 2.52. The molecule has 0 bridgehead atoms. The van der Waals surface area contributed by atoms with Crippen LogP contribution in [0.15, 0.2) is 0 Å². The van der Waals surface area contributed by atoms with Crippen LogP contribution in [0, 0.1) is 0 Å². The third kappa shape index (κ3) is 22.0. The number of carboxylic acids is 4. The number of nitrogens with two attached hydrogens (primary N) is 2. The van der Waals surface area contributed by atoms with Crippen LogP contribution < -0.4 is 32.7 Å². The zero-order chi connectivity index (χ0) is 30.8. The van der Waals surface area contributed by atoms with Crippen molar-refractivity contribution in [3.63, 3.8) is 0 Å². The van der Waals surface area contributed by atoms with Gasteiger partial charge in [0.25, 0.3) is 0 Å². The fraction of sp³-hybridized carbons (Fsp3) is 0.600. The van der Waals surface area contributed by atoms with E-state index in [9.17, 15) is 38.4 Å². The van der Waals surface area contributed by atoms with Gasteiger partial charge in [-0.25, -0.2) is 0 Å². The Hall–Kier alpha value is -1.62. The molecule has 0 aliphatic heterocycles. The maximum atomic E-state index is 12.4. The Morgan fingerprint density at radius 3 is 1.17 bits per heavy atom. The second kappa shape index (κ2) is 24.8. The number of rotatable bonds is 21. The quantitative estimate of drug-likeness (QED) is 0.0315. The van der Waals surface area contributed by atoms with Gasteiger partial charge in [0.1, 0.15) is 37.3 Å². The van der Waals surface area contributed by atoms with Gasteiger partial charge < -0.3 is 53.2 Å². The van der Waals surface area contributed by atoms with Gasteiger partial charge in [-0.05, 0) is 12.8 Å². The first-order chi connectivity index (χ1) is 18.6. The Labute approximate surface area is 291 Å². The van der Waals surface area contributed by atoms with E-state index in [1.165, 1.54) is 0 Å². The number of hydrogen-bond acceptors (Lipinski definition) is 12. The van der Waals surface area contributed by atoms with E-state index in [2.05, 4.69) is 21.3 Å². The van der Waals surface area contributed by atoms with Crippen LogP contribution >= 0.6 is 21.6 Å². The topological polar surface area (TPSA) is 318 Å². The SMILES string of the molecule is N[C@@H](CCC(=O)N[C@@H](CSSC[C@H](NC(=O)CC[C@H](N)C(=O)O)C(=O)NCC(=O)O)C(=O)NCC(=O)O)C(=O)O.[Na].[Na]. The van der Waals surface area contributed by atoms with Crippen LogP contribution in [0.5, 0.6) is 0 Å². The van der Waals surface area contributed by atoms with Gasteiger partial charge in [0.05, 0.1) is 0 Å². The van der Waals surface area contributed by atoms with Crippen LogP contribution in [0.3, 0.4) is 0 Å². The van der Waals surface area contributed by atoms with Crippen LogP contribution in [0.25, 0.3) is 0 Å². The maximum Gasteiger partial charge on any atom is 0.322 e. The molecule has 0 rings (SSSR count). The van der Waals surface area contributed by atoms with Crippen LogP contribution in [-0.2, 0) is 38.4 Å². The molecule has 42 heavy (non-hydrogen) atoms. The van der Waals surface area contributed by atoms with Gasteiger partial charge in [-0.3, -0.25) is 38.4 Å². The third-order valence-corrected chi connectivity index (χ3v) is 7.11. The van der Waals surface area contributed by atoms with Crippen molar-refractivity contribution in [2.75, 3.05) is 24.6 Å². The molecule has 4 atom stereocenters. The van der Waals surface area contributed by atoms with Crippen molar-refractivity contribution in [2.24, 2.45) is 11.5 Å². The first kappa shape index (κ1) is 44.8. The Balaban J connectivity index is -0.00000760. The second-order valence-electron chi connectivity index (χ2n) is 8.00. The van der Waals surface area contributed by atoms with Gasteiger partial charge in [0.15, 0.2) is 0 Å². The Bertz CT molecular complexity index is 891. The van der Waals surface area contributed by atoms with Crippen molar-refractivity contribution in [3.8, 4) is 0 Å². The van der Waals surface area contributed by atoms with Gasteiger partial charge in [-0.15, -0.1) is 0 Å². The zero-order valence-corrected chi connectivity index (χ0v) is 28.6. The second-order valence-corrected chi connectivity index (χ2v) is 10.6. The summed E-state index contributed by atoms with van der Waals surface area (Å²) in [6, 6.07) is -5.16. The monoisotopic (exact) mass is 658 g/mol. The molecular weight excluding hydrogens is 626 g/mol. The van der Waals surface area contributed by atoms with E-state index in [1.807, 2.05) is 0 Å². The van der Waals surface area contributed by atoms with Crippen molar-refractivity contribution in [2.45, 2.75) is 49.9 Å². The summed E-state index contributed by atoms with van der Waals surface area (Å²) >= 11 is 0. The molecule has 0 aliphatic carbocycles. The summed E-state index contributed by atoms with van der Waals surface area (Å²) in [5, 5.41) is 44.1. The normalized spacial score (nSPS) is 12.9. The molecule has 0 saturated carbocycles. The summed E-state index contributed by atoms with van der Waals surface area (Å²) in [6.45, 7) is -1.48. The van der Waals surface area contributed by atoms with E-state index in [4.69, 9.17) is 31.9 Å². The molecule has 4 amide bonds. The minimum absolute atomic E-state index is 0. The van der Waals surface area contributed by atoms with E-state index in [-0.39, 0.29) is 96.3 Å². The number of nitrogens with one attached hydrogen (secondary N) is 4. The van der Waals surface area contributed by atoms with Gasteiger partial charge in [-0.1, -0.05) is 21.6 Å². The summed E-state index contributed by atoms with van der Waals surface area (Å²) in [7, 11) is 1.89. The van der Waals surface area contributed by atoms with E-state index in [0.29, 0.717) is 0 Å². The molecule has 0 unspecified atom stereocenters. The van der Waals surface area contributed by atoms with Gasteiger partial charge in [-0.2, -0.15) is 0 Å². The van der Waals surface area contributed by atoms with Crippen molar-refractivity contribution in [1.82, 2.24) is 21.3 Å². The van der Waals surface area contributed by atoms with Crippen molar-refractivity contribution >= 4 is 128 Å². The van der Waals surface area contributed by atoms with Crippen LogP contribution in [0.4, 0.5) is 0 Å². The Kier molecular flexibility index (Phi) is 26.4. The number of carboxylic acid groups (broad SMARTS) is 4. The first-order valence-corrected chi connectivity index (χ1v) is 13.9. The third-order valence-electron chi connectivity index (χ3n) is 4.68. The molecule has 22 heteroatoms. The van der Waals surface area contributed by atoms with E-state index >= 15 is 0 Å². The molecule has 0 aliphatic rings. The molecule has 2 radical (unpaired) electrons. The number of hydrogen-bond donors (Lipinski definition) is 10. The predicted octanol–water partition coefficient (Wildman–Crippen LogP) is -4.64. The Morgan fingerprint density at radius 1 is 0.595 bits per heavy atom. The molecule has 12 N–H and O–H groups in total. The van der Waals surface area contributed by atoms with Crippen LogP contribution in [-0.4, -0.2) is 176 Å². The van der Waals surface area contributed by atoms with E-state index in [0.717, 1.165) is 21.6 Å². The molecule has 18 nitrogen and oxygen atoms in total. The number of amides is 4. The standard InChI is InChI=1S/C20H32N6O12S2.2Na/c21-9(19(35)36)1-3-13(27)25-11(17(33)23-5-15(29)30)7-39-40-8-12(18(34)24-6-16(31)32)26-14(28)4-2-10(22)20(37)38;;/h9-12H,1-8,21-22H2,(H,23,33)(H,24,34)(H,25,27)(H,26,28)(H,29,30)(H,31,32)(H,35,36)(H,37,38);;/t9-,10-,11-,12-;;/m0../s1. The molecule has 0 aromatic carbocycles. The van der Waals surface area contributed by atoms with E-state index in [1.54, 1.807) is 0 Å². The fourth-order valence-corrected chi connectivity index (χ4v) is 4.85. The average Bonchev–Trinajstić information content (AvgIpc) is 2.87. The summed E-state index contributed by atoms with van der Waals surface area (Å²) < 4.78 is 0. The molecule has 228 valence electrons. The number of aliphatic carboxylic acids is 4. The Morgan fingerprint density at radius 2 is 0.905 bits per heavy atom. The molecule has 0 aromatic rings. The summed E-state index contributed by atoms with van der Waals surface area (Å²) in [4.78, 5) is 92.3. The molecule has 0 aromatic heterocycles. The average molecular weight is 659 g/mol. The number of carbonyl (C=O) groups is 8. The maximum absolute atomic E-state index is 12.4. The van der Waals surface area contributed by atoms with Crippen molar-refractivity contribution < 1.29 is 58.8 Å². The minimum Gasteiger partial charge on any atom is -0.480 e. The summed E-state index contributed by atoms with van der Waals surface area (Å²) in [6.07, 6.45) is -1.12. The smallest absolute Gasteiger partial charge is 0.322 e. The molecule has 0 saturated heterocycles. The molecule has 0 heterocycles. The molecular formula is C20H32N6Na2O12S2. The predicted molar refractivity (Wildman–Crippen MR) is 151 cm³/mol. The van der Waals surface area contributed by atoms with Crippen molar-refractivity contribution in [3.05, 3.63) is 0 Å². The summed E-state index contributed by atoms with van der Waals surface area (Å²) in [5.74, 6) is -8.81. The number of carbonyl (C=O) groups excluding carboxylic acids is 4. The van der Waals surface area contributed by atoms with E-state index < -0.39 is 84.8 Å². The summed E-state index contributed by atoms with van der Waals surface area (Å²) in [5.41, 5.74) is 10.7. The zero-order valence-electron chi connectivity index (χ0n) is 23.0. The minimum atomic E-state index is -1.34. The van der Waals surface area contributed by atoms with Gasteiger partial charge >= 0.3 is 23.9 Å². The van der Waals surface area contributed by atoms with Crippen LogP contribution in [0.1, 0.15) is 25.7 Å².